The molecule has 0 bridgehead atoms. The number of aromatic hydroxyl groups is 2. The van der Waals surface area contributed by atoms with Gasteiger partial charge in [-0.15, -0.1) is 10.2 Å². The van der Waals surface area contributed by atoms with Crippen molar-refractivity contribution >= 4 is 129 Å². The largest absolute Gasteiger partial charge is 1.00 e. The number of aliphatic hydroxyl groups excluding tert-OH is 2. The molecular weight excluding hydrogens is 1140 g/mol. The number of nitrogen functional groups attached to an aromatic ring is 2. The standard InChI is InChI=1S/C34H26N6O20S6.C5H13NO2.Li.Na/c35-23-13-21(61(43,44)45)7-17-9-27(65(55,56)57)31(33(41)29(17)23)39-37-19-5-3-15(25(11-19)63(49,50)51)1-2-16-4-6-20(12-26(16)64(52,53)54)38-40-32-28(66(58,59)60)10-18-8-22(62(46,47)48)14-24(36)30(18)34(32)42;1-6(2-4-7)3-5-8;;/h1-14,41-42H,35-36H2,(H,43,44,45)(H,46,47,48)(H,49,50,51)(H,52,53,54)(H,55,56,57)(H,58,59,60);7-8H,2-5H2,1H3;;/q;;2*+1/p-4/b2-1+,39-37?,40-38?;;;. The van der Waals surface area contributed by atoms with Gasteiger partial charge in [0.25, 0.3) is 10.1 Å². The fraction of sp³-hybridized carbons (Fsp3) is 0.128. The molecule has 0 heterocycles. The minimum Gasteiger partial charge on any atom is -0.744 e. The Kier molecular flexibility index (Phi) is 21.2. The molecule has 76 heavy (non-hydrogen) atoms. The maximum absolute atomic E-state index is 12.5. The van der Waals surface area contributed by atoms with E-state index >= 15 is 0 Å². The molecule has 0 radical (unpaired) electrons. The Morgan fingerprint density at radius 3 is 1.17 bits per heavy atom. The van der Waals surface area contributed by atoms with Crippen molar-refractivity contribution in [2.45, 2.75) is 29.4 Å². The number of likely N-dealkylation sites (N-methyl/N-ethyl adjacent to an activating group) is 1. The molecule has 0 unspecified atom stereocenters. The molecule has 0 aliphatic rings. The smallest absolute Gasteiger partial charge is 0.744 e. The van der Waals surface area contributed by atoms with E-state index in [1.165, 1.54) is 0 Å². The number of hydrogen-bond donors (Lipinski definition) is 8. The average molecular weight is 1180 g/mol. The molecule has 0 spiro atoms. The number of fused-ring (bicyclic) bond motifs is 2. The summed E-state index contributed by atoms with van der Waals surface area (Å²) in [5, 5.41) is 50.8. The predicted molar refractivity (Wildman–Crippen MR) is 251 cm³/mol. The Balaban J connectivity index is 0.00000140. The van der Waals surface area contributed by atoms with Crippen LogP contribution in [0.1, 0.15) is 11.1 Å². The number of phenolic OH excluding ortho intramolecular Hbond substituents is 2. The normalized spacial score (nSPS) is 12.8. The summed E-state index contributed by atoms with van der Waals surface area (Å²) in [6.07, 6.45) is 1.73. The van der Waals surface area contributed by atoms with Crippen LogP contribution < -0.4 is 64.8 Å². The van der Waals surface area contributed by atoms with Crippen molar-refractivity contribution in [1.82, 2.24) is 0 Å². The summed E-state index contributed by atoms with van der Waals surface area (Å²) >= 11 is 0. The first kappa shape index (κ1) is 65.2. The number of phenols is 2. The van der Waals surface area contributed by atoms with Gasteiger partial charge in [-0.05, 0) is 82.6 Å². The Morgan fingerprint density at radius 2 is 0.855 bits per heavy atom. The number of azo groups is 2. The topological polar surface area (TPSA) is 527 Å². The molecule has 0 saturated carbocycles. The van der Waals surface area contributed by atoms with Gasteiger partial charge in [-0.2, -0.15) is 18.6 Å². The summed E-state index contributed by atoms with van der Waals surface area (Å²) in [6.45, 7) is 1.85. The van der Waals surface area contributed by atoms with Crippen LogP contribution >= 0.6 is 0 Å². The second kappa shape index (κ2) is 24.7. The molecule has 0 amide bonds. The number of anilines is 2. The Hall–Kier alpha value is -5.08. The molecule has 0 saturated heterocycles. The zero-order chi connectivity index (χ0) is 55.7. The zero-order valence-corrected chi connectivity index (χ0v) is 45.9. The van der Waals surface area contributed by atoms with Crippen LogP contribution in [-0.2, 0) is 60.7 Å². The van der Waals surface area contributed by atoms with E-state index in [4.69, 9.17) is 21.7 Å². The second-order valence-corrected chi connectivity index (χ2v) is 23.4. The Bertz CT molecular complexity index is 3820. The summed E-state index contributed by atoms with van der Waals surface area (Å²) in [7, 11) is -30.2. The monoisotopic (exact) mass is 1180 g/mol. The number of aliphatic hydroxyl groups is 2. The van der Waals surface area contributed by atoms with Gasteiger partial charge in [0, 0.05) is 22.1 Å². The molecule has 6 aromatic carbocycles. The Labute approximate surface area is 466 Å². The second-order valence-electron chi connectivity index (χ2n) is 15.2. The molecule has 0 fully saturated rings. The van der Waals surface area contributed by atoms with Gasteiger partial charge in [-0.25, -0.2) is 42.1 Å². The minimum atomic E-state index is -5.57. The van der Waals surface area contributed by atoms with Crippen LogP contribution in [-0.4, -0.2) is 132 Å². The van der Waals surface area contributed by atoms with E-state index < -0.39 is 168 Å². The molecule has 37 heteroatoms. The molecule has 0 atom stereocenters. The van der Waals surface area contributed by atoms with Crippen molar-refractivity contribution in [1.29, 1.82) is 0 Å². The van der Waals surface area contributed by atoms with Crippen LogP contribution in [0, 0.1) is 0 Å². The van der Waals surface area contributed by atoms with Gasteiger partial charge in [-0.3, -0.25) is 4.55 Å². The SMILES string of the molecule is C[NH+](CCO)CCO.Nc1cc(S(=O)(=O)[O-])cc2cc(S(=O)(=O)[O-])c(N=Nc3ccc(/C=C/c4ccc(N=Nc5c(S(=O)(=O)[O-])cc6cc(S(=O)(=O)[O-])cc(N)c6c5O)cc4S(=O)(=O)O)c(S(=O)(=O)[O-])c3)c(O)c12.[Li+].[Na+]. The van der Waals surface area contributed by atoms with Crippen LogP contribution in [0.5, 0.6) is 11.5 Å². The van der Waals surface area contributed by atoms with Gasteiger partial charge in [0.15, 0.2) is 11.5 Å². The van der Waals surface area contributed by atoms with Crippen molar-refractivity contribution in [3.8, 4) is 11.5 Å². The maximum atomic E-state index is 12.5. The number of hydrogen-bond acceptors (Lipinski definition) is 27. The van der Waals surface area contributed by atoms with Gasteiger partial charge in [0.2, 0.25) is 0 Å². The number of nitrogens with two attached hydrogens (primary N) is 2. The third-order valence-electron chi connectivity index (χ3n) is 10.0. The van der Waals surface area contributed by atoms with Gasteiger partial charge >= 0.3 is 48.4 Å². The van der Waals surface area contributed by atoms with Crippen molar-refractivity contribution in [2.75, 3.05) is 44.8 Å². The van der Waals surface area contributed by atoms with Gasteiger partial charge in [0.05, 0.1) is 56.1 Å². The third-order valence-corrected chi connectivity index (χ3v) is 15.1. The van der Waals surface area contributed by atoms with Gasteiger partial charge in [0.1, 0.15) is 80.0 Å². The molecule has 0 aliphatic carbocycles. The number of nitrogens with zero attached hydrogens (tertiary/aromatic N) is 4. The molecular formula is C39H35LiN7NaO22S6-2. The van der Waals surface area contributed by atoms with E-state index in [0.717, 1.165) is 54.4 Å². The summed E-state index contributed by atoms with van der Waals surface area (Å²) in [5.41, 5.74) is 6.30. The van der Waals surface area contributed by atoms with Crippen LogP contribution in [0.2, 0.25) is 0 Å². The van der Waals surface area contributed by atoms with E-state index in [9.17, 15) is 88.0 Å². The molecule has 0 aliphatic heterocycles. The van der Waals surface area contributed by atoms with Crippen LogP contribution in [0.25, 0.3) is 33.7 Å². The van der Waals surface area contributed by atoms with Crippen molar-refractivity contribution < 1.29 is 152 Å². The van der Waals surface area contributed by atoms with E-state index in [-0.39, 0.29) is 61.6 Å². The number of rotatable bonds is 16. The van der Waals surface area contributed by atoms with E-state index in [2.05, 4.69) is 20.5 Å². The average Bonchev–Trinajstić information content (AvgIpc) is 3.26. The first-order valence-electron chi connectivity index (χ1n) is 19.8. The van der Waals surface area contributed by atoms with E-state index in [1.807, 2.05) is 7.05 Å². The maximum Gasteiger partial charge on any atom is 1.00 e. The zero-order valence-electron chi connectivity index (χ0n) is 39.0. The third kappa shape index (κ3) is 15.8. The van der Waals surface area contributed by atoms with Crippen LogP contribution in [0.15, 0.2) is 123 Å². The molecule has 6 aromatic rings. The quantitative estimate of drug-likeness (QED) is 0.0148. The van der Waals surface area contributed by atoms with Crippen molar-refractivity contribution in [3.05, 3.63) is 83.9 Å². The summed E-state index contributed by atoms with van der Waals surface area (Å²) < 4.78 is 214. The van der Waals surface area contributed by atoms with Crippen LogP contribution in [0.4, 0.5) is 34.1 Å². The van der Waals surface area contributed by atoms with E-state index in [0.29, 0.717) is 48.5 Å². The Morgan fingerprint density at radius 1 is 0.513 bits per heavy atom. The summed E-state index contributed by atoms with van der Waals surface area (Å²) in [5.74, 6) is -2.29. The van der Waals surface area contributed by atoms with Gasteiger partial charge in [-0.1, -0.05) is 24.3 Å². The van der Waals surface area contributed by atoms with Crippen LogP contribution in [0.3, 0.4) is 0 Å². The fourth-order valence-electron chi connectivity index (χ4n) is 6.63. The summed E-state index contributed by atoms with van der Waals surface area (Å²) in [6, 6.07) is 8.56. The number of benzene rings is 6. The number of quaternary nitrogens is 1. The molecule has 6 rings (SSSR count). The first-order valence-corrected chi connectivity index (χ1v) is 28.2. The van der Waals surface area contributed by atoms with Crippen molar-refractivity contribution in [3.63, 3.8) is 0 Å². The fourth-order valence-corrected chi connectivity index (χ4v) is 10.4. The number of nitrogens with one attached hydrogen (secondary N) is 1. The predicted octanol–water partition coefficient (Wildman–Crippen LogP) is -5.17. The molecule has 10 N–H and O–H groups in total. The van der Waals surface area contributed by atoms with E-state index in [1.54, 1.807) is 0 Å². The first-order chi connectivity index (χ1) is 34.0. The van der Waals surface area contributed by atoms with Gasteiger partial charge < -0.3 is 59.6 Å². The molecule has 398 valence electrons. The van der Waals surface area contributed by atoms with Crippen molar-refractivity contribution in [2.24, 2.45) is 20.5 Å². The molecule has 0 aromatic heterocycles. The summed E-state index contributed by atoms with van der Waals surface area (Å²) in [4.78, 5) is -5.38. The molecule has 29 nitrogen and oxygen atoms in total. The minimum absolute atomic E-state index is 0.